The lowest BCUT2D eigenvalue weighted by molar-refractivity contribution is -0.385. The Balaban J connectivity index is 2.54. The van der Waals surface area contributed by atoms with E-state index in [0.717, 1.165) is 18.7 Å². The Kier molecular flexibility index (Phi) is 4.79. The van der Waals surface area contributed by atoms with E-state index < -0.39 is 30.8 Å². The van der Waals surface area contributed by atoms with E-state index in [2.05, 4.69) is 0 Å². The summed E-state index contributed by atoms with van der Waals surface area (Å²) in [5.41, 5.74) is -0.0235. The van der Waals surface area contributed by atoms with Gasteiger partial charge in [-0.2, -0.15) is 4.31 Å². The molecule has 1 unspecified atom stereocenters. The molecule has 0 bridgehead atoms. The summed E-state index contributed by atoms with van der Waals surface area (Å²) in [5.74, 6) is -0.389. The minimum atomic E-state index is -3.75. The predicted octanol–water partition coefficient (Wildman–Crippen LogP) is 1.48. The SMILES string of the molecule is CCCCN(C1CS(=O)(=O)c2cc([N+](=O)[O-])ccc21)S(C)(=O)=O. The maximum atomic E-state index is 12.3. The van der Waals surface area contributed by atoms with E-state index in [-0.39, 0.29) is 22.9 Å². The van der Waals surface area contributed by atoms with E-state index in [1.54, 1.807) is 0 Å². The third-order valence-corrected chi connectivity index (χ3v) is 6.85. The van der Waals surface area contributed by atoms with E-state index in [4.69, 9.17) is 0 Å². The molecular formula is C13H18N2O6S2. The summed E-state index contributed by atoms with van der Waals surface area (Å²) in [6, 6.07) is 2.71. The van der Waals surface area contributed by atoms with Gasteiger partial charge in [-0.3, -0.25) is 10.1 Å². The number of sulfonamides is 1. The second-order valence-electron chi connectivity index (χ2n) is 5.50. The molecule has 2 rings (SSSR count). The normalized spacial score (nSPS) is 19.7. The van der Waals surface area contributed by atoms with Crippen molar-refractivity contribution in [1.29, 1.82) is 0 Å². The minimum Gasteiger partial charge on any atom is -0.258 e. The van der Waals surface area contributed by atoms with Gasteiger partial charge in [-0.25, -0.2) is 16.8 Å². The molecule has 0 N–H and O–H groups in total. The summed E-state index contributed by atoms with van der Waals surface area (Å²) in [5, 5.41) is 10.8. The fraction of sp³-hybridized carbons (Fsp3) is 0.538. The Hall–Kier alpha value is -1.52. The van der Waals surface area contributed by atoms with Crippen LogP contribution in [0.4, 0.5) is 5.69 Å². The number of hydrogen-bond acceptors (Lipinski definition) is 6. The largest absolute Gasteiger partial charge is 0.270 e. The second-order valence-corrected chi connectivity index (χ2v) is 9.44. The highest BCUT2D eigenvalue weighted by Crippen LogP contribution is 2.40. The molecule has 1 aliphatic heterocycles. The topological polar surface area (TPSA) is 115 Å². The number of nitrogens with zero attached hydrogens (tertiary/aromatic N) is 2. The maximum Gasteiger partial charge on any atom is 0.270 e. The van der Waals surface area contributed by atoms with Gasteiger partial charge in [0.25, 0.3) is 5.69 Å². The van der Waals surface area contributed by atoms with Crippen LogP contribution in [0.2, 0.25) is 0 Å². The van der Waals surface area contributed by atoms with Crippen LogP contribution in [0.25, 0.3) is 0 Å². The van der Waals surface area contributed by atoms with E-state index in [0.29, 0.717) is 12.0 Å². The van der Waals surface area contributed by atoms with Gasteiger partial charge < -0.3 is 0 Å². The molecule has 0 spiro atoms. The number of fused-ring (bicyclic) bond motifs is 1. The summed E-state index contributed by atoms with van der Waals surface area (Å²) in [6.45, 7) is 2.12. The van der Waals surface area contributed by atoms with Crippen molar-refractivity contribution in [1.82, 2.24) is 4.31 Å². The fourth-order valence-corrected chi connectivity index (χ4v) is 5.70. The van der Waals surface area contributed by atoms with Crippen LogP contribution in [-0.4, -0.2) is 44.6 Å². The van der Waals surface area contributed by atoms with Crippen molar-refractivity contribution >= 4 is 25.5 Å². The molecule has 23 heavy (non-hydrogen) atoms. The fourth-order valence-electron chi connectivity index (χ4n) is 2.67. The van der Waals surface area contributed by atoms with Gasteiger partial charge in [-0.15, -0.1) is 0 Å². The molecule has 0 aromatic heterocycles. The molecule has 0 saturated heterocycles. The first-order valence-electron chi connectivity index (χ1n) is 7.06. The number of nitro groups is 1. The molecule has 8 nitrogen and oxygen atoms in total. The molecule has 1 heterocycles. The number of non-ortho nitro benzene ring substituents is 1. The van der Waals surface area contributed by atoms with Gasteiger partial charge in [0.2, 0.25) is 10.0 Å². The van der Waals surface area contributed by atoms with Crippen LogP contribution in [0.15, 0.2) is 23.1 Å². The zero-order chi connectivity index (χ0) is 17.4. The van der Waals surface area contributed by atoms with Crippen LogP contribution in [-0.2, 0) is 19.9 Å². The number of rotatable bonds is 6. The van der Waals surface area contributed by atoms with Gasteiger partial charge in [0.1, 0.15) is 0 Å². The predicted molar refractivity (Wildman–Crippen MR) is 84.3 cm³/mol. The van der Waals surface area contributed by atoms with Crippen molar-refractivity contribution in [2.24, 2.45) is 0 Å². The summed E-state index contributed by atoms with van der Waals surface area (Å²) >= 11 is 0. The molecule has 1 aliphatic rings. The Bertz CT molecular complexity index is 832. The van der Waals surface area contributed by atoms with Gasteiger partial charge in [0.05, 0.1) is 27.9 Å². The van der Waals surface area contributed by atoms with Crippen LogP contribution in [0.1, 0.15) is 31.4 Å². The lowest BCUT2D eigenvalue weighted by Crippen LogP contribution is -2.35. The number of unbranched alkanes of at least 4 members (excludes halogenated alkanes) is 1. The number of benzene rings is 1. The Morgan fingerprint density at radius 3 is 2.57 bits per heavy atom. The van der Waals surface area contributed by atoms with Crippen molar-refractivity contribution in [3.8, 4) is 0 Å². The summed E-state index contributed by atoms with van der Waals surface area (Å²) in [4.78, 5) is 10.0. The smallest absolute Gasteiger partial charge is 0.258 e. The monoisotopic (exact) mass is 362 g/mol. The molecule has 128 valence electrons. The lowest BCUT2D eigenvalue weighted by Gasteiger charge is -2.26. The highest BCUT2D eigenvalue weighted by molar-refractivity contribution is 7.92. The van der Waals surface area contributed by atoms with E-state index in [1.807, 2.05) is 6.92 Å². The van der Waals surface area contributed by atoms with Gasteiger partial charge in [-0.1, -0.05) is 13.3 Å². The minimum absolute atomic E-state index is 0.151. The molecule has 1 atom stereocenters. The first kappa shape index (κ1) is 17.8. The average Bonchev–Trinajstić information content (AvgIpc) is 2.69. The van der Waals surface area contributed by atoms with Crippen LogP contribution in [0.3, 0.4) is 0 Å². The van der Waals surface area contributed by atoms with Gasteiger partial charge in [-0.05, 0) is 18.1 Å². The summed E-state index contributed by atoms with van der Waals surface area (Å²) in [6.07, 6.45) is 2.41. The van der Waals surface area contributed by atoms with Crippen LogP contribution >= 0.6 is 0 Å². The Labute approximate surface area is 135 Å². The van der Waals surface area contributed by atoms with Crippen molar-refractivity contribution in [2.45, 2.75) is 30.7 Å². The van der Waals surface area contributed by atoms with Crippen LogP contribution in [0, 0.1) is 10.1 Å². The first-order chi connectivity index (χ1) is 10.6. The molecular weight excluding hydrogens is 344 g/mol. The lowest BCUT2D eigenvalue weighted by atomic mass is 10.1. The van der Waals surface area contributed by atoms with Gasteiger partial charge in [0.15, 0.2) is 9.84 Å². The second kappa shape index (κ2) is 6.17. The summed E-state index contributed by atoms with van der Waals surface area (Å²) < 4.78 is 49.9. The highest BCUT2D eigenvalue weighted by atomic mass is 32.2. The van der Waals surface area contributed by atoms with Crippen molar-refractivity contribution in [3.05, 3.63) is 33.9 Å². The number of hydrogen-bond donors (Lipinski definition) is 0. The molecule has 1 aromatic rings. The molecule has 1 aromatic carbocycles. The van der Waals surface area contributed by atoms with Crippen molar-refractivity contribution in [2.75, 3.05) is 18.6 Å². The zero-order valence-electron chi connectivity index (χ0n) is 12.8. The highest BCUT2D eigenvalue weighted by Gasteiger charge is 2.41. The zero-order valence-corrected chi connectivity index (χ0v) is 14.4. The van der Waals surface area contributed by atoms with Crippen molar-refractivity contribution in [3.63, 3.8) is 0 Å². The molecule has 0 radical (unpaired) electrons. The molecule has 0 aliphatic carbocycles. The van der Waals surface area contributed by atoms with Crippen LogP contribution in [0.5, 0.6) is 0 Å². The molecule has 0 amide bonds. The first-order valence-corrected chi connectivity index (χ1v) is 10.6. The molecule has 10 heteroatoms. The van der Waals surface area contributed by atoms with Gasteiger partial charge in [0, 0.05) is 18.7 Å². The molecule has 0 saturated carbocycles. The summed E-state index contributed by atoms with van der Waals surface area (Å²) in [7, 11) is -7.36. The standard InChI is InChI=1S/C13H18N2O6S2/c1-3-4-7-14(22(2,18)19)12-9-23(20,21)13-8-10(15(16)17)5-6-11(12)13/h5-6,8,12H,3-4,7,9H2,1-2H3. The van der Waals surface area contributed by atoms with E-state index >= 15 is 0 Å². The average molecular weight is 362 g/mol. The maximum absolute atomic E-state index is 12.3. The van der Waals surface area contributed by atoms with Gasteiger partial charge >= 0.3 is 0 Å². The number of sulfone groups is 1. The van der Waals surface area contributed by atoms with E-state index in [1.165, 1.54) is 16.4 Å². The Morgan fingerprint density at radius 1 is 1.39 bits per heavy atom. The van der Waals surface area contributed by atoms with E-state index in [9.17, 15) is 26.9 Å². The Morgan fingerprint density at radius 2 is 2.04 bits per heavy atom. The number of nitro benzene ring substituents is 1. The molecule has 0 fully saturated rings. The quantitative estimate of drug-likeness (QED) is 0.559. The third-order valence-electron chi connectivity index (χ3n) is 3.78. The van der Waals surface area contributed by atoms with Crippen molar-refractivity contribution < 1.29 is 21.8 Å². The third kappa shape index (κ3) is 3.54. The van der Waals surface area contributed by atoms with Crippen LogP contribution < -0.4 is 0 Å².